The van der Waals surface area contributed by atoms with Crippen LogP contribution in [0.15, 0.2) is 29.3 Å². The maximum atomic E-state index is 14.2. The lowest BCUT2D eigenvalue weighted by Crippen LogP contribution is -2.37. The summed E-state index contributed by atoms with van der Waals surface area (Å²) in [5.41, 5.74) is 9.28. The molecule has 1 aliphatic heterocycles. The van der Waals surface area contributed by atoms with Gasteiger partial charge in [0.2, 0.25) is 0 Å². The number of hydrogen-bond acceptors (Lipinski definition) is 4. The summed E-state index contributed by atoms with van der Waals surface area (Å²) in [4.78, 5) is 4.19. The Morgan fingerprint density at radius 1 is 1.22 bits per heavy atom. The molecule has 23 heavy (non-hydrogen) atoms. The first-order valence-electron chi connectivity index (χ1n) is 6.66. The van der Waals surface area contributed by atoms with Crippen molar-refractivity contribution in [2.45, 2.75) is 25.2 Å². The van der Waals surface area contributed by atoms with Gasteiger partial charge in [-0.15, -0.1) is 0 Å². The lowest BCUT2D eigenvalue weighted by Gasteiger charge is -2.31. The molecule has 1 atom stereocenters. The van der Waals surface area contributed by atoms with Crippen LogP contribution in [0.4, 0.5) is 23.2 Å². The second-order valence-corrected chi connectivity index (χ2v) is 5.48. The SMILES string of the molecule is CC1(c2cc(N)ccc2F)N=C(N)Cn2nc(C(F)(F)F)cc21. The normalized spacial score (nSPS) is 21.0. The van der Waals surface area contributed by atoms with Crippen molar-refractivity contribution in [1.29, 1.82) is 0 Å². The summed E-state index contributed by atoms with van der Waals surface area (Å²) >= 11 is 0. The van der Waals surface area contributed by atoms with Gasteiger partial charge in [-0.2, -0.15) is 18.3 Å². The summed E-state index contributed by atoms with van der Waals surface area (Å²) in [7, 11) is 0. The van der Waals surface area contributed by atoms with Gasteiger partial charge in [0.1, 0.15) is 17.2 Å². The van der Waals surface area contributed by atoms with E-state index >= 15 is 0 Å². The van der Waals surface area contributed by atoms with Gasteiger partial charge < -0.3 is 11.5 Å². The van der Waals surface area contributed by atoms with Crippen molar-refractivity contribution >= 4 is 11.5 Å². The van der Waals surface area contributed by atoms with Crippen LogP contribution in [0.2, 0.25) is 0 Å². The Kier molecular flexibility index (Phi) is 3.13. The Bertz CT molecular complexity index is 808. The minimum Gasteiger partial charge on any atom is -0.399 e. The number of halogens is 4. The molecular formula is C14H13F4N5. The van der Waals surface area contributed by atoms with Gasteiger partial charge in [0, 0.05) is 11.3 Å². The Morgan fingerprint density at radius 3 is 2.57 bits per heavy atom. The molecule has 1 aromatic heterocycles. The maximum Gasteiger partial charge on any atom is 0.435 e. The summed E-state index contributed by atoms with van der Waals surface area (Å²) in [6.07, 6.45) is -4.62. The van der Waals surface area contributed by atoms with Crippen LogP contribution in [-0.2, 0) is 18.3 Å². The number of rotatable bonds is 1. The number of nitrogens with zero attached hydrogens (tertiary/aromatic N) is 3. The van der Waals surface area contributed by atoms with E-state index in [1.54, 1.807) is 0 Å². The van der Waals surface area contributed by atoms with Gasteiger partial charge in [0.15, 0.2) is 5.69 Å². The average molecular weight is 327 g/mol. The molecule has 0 fully saturated rings. The molecule has 0 saturated carbocycles. The Balaban J connectivity index is 2.25. The molecule has 0 bridgehead atoms. The molecule has 4 N–H and O–H groups in total. The third kappa shape index (κ3) is 2.41. The molecular weight excluding hydrogens is 314 g/mol. The van der Waals surface area contributed by atoms with E-state index in [1.807, 2.05) is 0 Å². The Hall–Kier alpha value is -2.58. The zero-order valence-electron chi connectivity index (χ0n) is 12.0. The van der Waals surface area contributed by atoms with Crippen LogP contribution < -0.4 is 11.5 Å². The van der Waals surface area contributed by atoms with Crippen LogP contribution in [0.1, 0.15) is 23.9 Å². The van der Waals surface area contributed by atoms with Gasteiger partial charge in [0.05, 0.1) is 12.2 Å². The summed E-state index contributed by atoms with van der Waals surface area (Å²) < 4.78 is 54.1. The fourth-order valence-corrected chi connectivity index (χ4v) is 2.72. The summed E-state index contributed by atoms with van der Waals surface area (Å²) in [5.74, 6) is -0.583. The number of aliphatic imine (C=N–C) groups is 1. The van der Waals surface area contributed by atoms with Gasteiger partial charge in [0.25, 0.3) is 0 Å². The number of aromatic nitrogens is 2. The van der Waals surface area contributed by atoms with E-state index in [-0.39, 0.29) is 29.3 Å². The molecule has 5 nitrogen and oxygen atoms in total. The molecule has 0 radical (unpaired) electrons. The Morgan fingerprint density at radius 2 is 1.91 bits per heavy atom. The van der Waals surface area contributed by atoms with Gasteiger partial charge in [-0.05, 0) is 31.2 Å². The molecule has 2 heterocycles. The lowest BCUT2D eigenvalue weighted by atomic mass is 9.87. The highest BCUT2D eigenvalue weighted by Gasteiger charge is 2.42. The van der Waals surface area contributed by atoms with Gasteiger partial charge in [-0.25, -0.2) is 4.39 Å². The predicted molar refractivity (Wildman–Crippen MR) is 76.1 cm³/mol. The van der Waals surface area contributed by atoms with Gasteiger partial charge in [-0.3, -0.25) is 9.67 Å². The monoisotopic (exact) mass is 327 g/mol. The predicted octanol–water partition coefficient (Wildman–Crippen LogP) is 2.26. The maximum absolute atomic E-state index is 14.2. The smallest absolute Gasteiger partial charge is 0.399 e. The third-order valence-corrected chi connectivity index (χ3v) is 3.76. The van der Waals surface area contributed by atoms with E-state index in [0.29, 0.717) is 0 Å². The molecule has 122 valence electrons. The number of amidine groups is 1. The lowest BCUT2D eigenvalue weighted by molar-refractivity contribution is -0.141. The topological polar surface area (TPSA) is 82.2 Å². The first-order chi connectivity index (χ1) is 10.6. The highest BCUT2D eigenvalue weighted by Crippen LogP contribution is 2.40. The molecule has 0 saturated heterocycles. The van der Waals surface area contributed by atoms with Gasteiger partial charge >= 0.3 is 6.18 Å². The van der Waals surface area contributed by atoms with Crippen molar-refractivity contribution in [1.82, 2.24) is 9.78 Å². The van der Waals surface area contributed by atoms with Crippen molar-refractivity contribution in [3.8, 4) is 0 Å². The standard InChI is InChI=1S/C14H13F4N5/c1-13(8-4-7(19)2-3-9(8)15)11-5-10(14(16,17)18)22-23(11)6-12(20)21-13/h2-5H,6,19H2,1H3,(H2,20,21). The minimum absolute atomic E-state index is 0.0371. The first kappa shape index (κ1) is 15.3. The number of benzene rings is 1. The van der Waals surface area contributed by atoms with Crippen molar-refractivity contribution in [3.63, 3.8) is 0 Å². The van der Waals surface area contributed by atoms with Crippen LogP contribution >= 0.6 is 0 Å². The van der Waals surface area contributed by atoms with Crippen LogP contribution in [0.5, 0.6) is 0 Å². The number of anilines is 1. The number of alkyl halides is 3. The zero-order valence-corrected chi connectivity index (χ0v) is 12.0. The van der Waals surface area contributed by atoms with Gasteiger partial charge in [-0.1, -0.05) is 0 Å². The van der Waals surface area contributed by atoms with E-state index in [2.05, 4.69) is 10.1 Å². The first-order valence-corrected chi connectivity index (χ1v) is 6.66. The molecule has 0 spiro atoms. The number of nitrogen functional groups attached to an aromatic ring is 1. The second kappa shape index (κ2) is 4.71. The van der Waals surface area contributed by atoms with E-state index in [0.717, 1.165) is 16.8 Å². The third-order valence-electron chi connectivity index (χ3n) is 3.76. The summed E-state index contributed by atoms with van der Waals surface area (Å²) in [5, 5.41) is 3.52. The summed E-state index contributed by atoms with van der Waals surface area (Å²) in [6.45, 7) is 1.38. The summed E-state index contributed by atoms with van der Waals surface area (Å²) in [6, 6.07) is 4.69. The van der Waals surface area contributed by atoms with Crippen molar-refractivity contribution in [3.05, 3.63) is 47.0 Å². The van der Waals surface area contributed by atoms with E-state index in [1.165, 1.54) is 19.1 Å². The molecule has 0 aliphatic carbocycles. The molecule has 0 amide bonds. The van der Waals surface area contributed by atoms with Crippen LogP contribution in [0, 0.1) is 5.82 Å². The van der Waals surface area contributed by atoms with E-state index < -0.39 is 23.2 Å². The van der Waals surface area contributed by atoms with Crippen LogP contribution in [0.25, 0.3) is 0 Å². The molecule has 2 aromatic rings. The van der Waals surface area contributed by atoms with E-state index in [4.69, 9.17) is 11.5 Å². The quantitative estimate of drug-likeness (QED) is 0.622. The molecule has 1 unspecified atom stereocenters. The van der Waals surface area contributed by atoms with Crippen molar-refractivity contribution in [2.75, 3.05) is 5.73 Å². The Labute approximate surface area is 128 Å². The number of hydrogen-bond donors (Lipinski definition) is 2. The highest BCUT2D eigenvalue weighted by atomic mass is 19.4. The van der Waals surface area contributed by atoms with E-state index in [9.17, 15) is 17.6 Å². The largest absolute Gasteiger partial charge is 0.435 e. The number of fused-ring (bicyclic) bond motifs is 1. The fourth-order valence-electron chi connectivity index (χ4n) is 2.72. The van der Waals surface area contributed by atoms with Crippen molar-refractivity contribution < 1.29 is 17.6 Å². The minimum atomic E-state index is -4.62. The molecule has 3 rings (SSSR count). The average Bonchev–Trinajstić information content (AvgIpc) is 2.86. The van der Waals surface area contributed by atoms with Crippen molar-refractivity contribution in [2.24, 2.45) is 10.7 Å². The zero-order chi connectivity index (χ0) is 17.0. The second-order valence-electron chi connectivity index (χ2n) is 5.48. The molecule has 1 aliphatic rings. The molecule has 9 heteroatoms. The fraction of sp³-hybridized carbons (Fsp3) is 0.286. The number of nitrogens with two attached hydrogens (primary N) is 2. The highest BCUT2D eigenvalue weighted by molar-refractivity contribution is 5.82. The van der Waals surface area contributed by atoms with Crippen LogP contribution in [-0.4, -0.2) is 15.6 Å². The van der Waals surface area contributed by atoms with Crippen LogP contribution in [0.3, 0.4) is 0 Å². The molecule has 1 aromatic carbocycles.